The van der Waals surface area contributed by atoms with E-state index in [2.05, 4.69) is 0 Å². The second-order valence-electron chi connectivity index (χ2n) is 5.31. The largest absolute Gasteiger partial charge is 0.300 e. The molecule has 1 aliphatic heterocycles. The molecule has 0 amide bonds. The first-order chi connectivity index (χ1) is 8.43. The Balaban J connectivity index is 2.29. The van der Waals surface area contributed by atoms with Crippen LogP contribution in [-0.4, -0.2) is 37.9 Å². The molecule has 4 nitrogen and oxygen atoms in total. The zero-order valence-corrected chi connectivity index (χ0v) is 12.3. The van der Waals surface area contributed by atoms with Gasteiger partial charge in [0, 0.05) is 25.9 Å². The van der Waals surface area contributed by atoms with Gasteiger partial charge >= 0.3 is 0 Å². The number of carbonyl (C=O) groups is 1. The number of Topliss-reactive ketones (excluding diaryl/α,β-unsaturated/α-hetero) is 1. The Morgan fingerprint density at radius 1 is 1.33 bits per heavy atom. The van der Waals surface area contributed by atoms with Crippen molar-refractivity contribution < 1.29 is 13.2 Å². The average Bonchev–Trinajstić information content (AvgIpc) is 2.29. The van der Waals surface area contributed by atoms with Gasteiger partial charge in [-0.05, 0) is 38.0 Å². The Labute approximate surface area is 111 Å². The molecule has 1 atom stereocenters. The van der Waals surface area contributed by atoms with E-state index in [-0.39, 0.29) is 0 Å². The second kappa shape index (κ2) is 7.24. The van der Waals surface area contributed by atoms with Gasteiger partial charge in [0.1, 0.15) is 5.78 Å². The van der Waals surface area contributed by atoms with Crippen molar-refractivity contribution in [1.29, 1.82) is 0 Å². The third-order valence-electron chi connectivity index (χ3n) is 3.55. The summed E-state index contributed by atoms with van der Waals surface area (Å²) in [6, 6.07) is 0. The molecule has 1 rings (SSSR count). The van der Waals surface area contributed by atoms with Gasteiger partial charge in [-0.3, -0.25) is 4.79 Å². The van der Waals surface area contributed by atoms with Gasteiger partial charge in [0.15, 0.2) is 0 Å². The van der Waals surface area contributed by atoms with Crippen LogP contribution in [0.1, 0.15) is 51.9 Å². The van der Waals surface area contributed by atoms with Gasteiger partial charge in [-0.2, -0.15) is 0 Å². The predicted molar refractivity (Wildman–Crippen MR) is 72.9 cm³/mol. The molecule has 18 heavy (non-hydrogen) atoms. The minimum absolute atomic E-state index is 0.341. The van der Waals surface area contributed by atoms with Crippen LogP contribution in [0.25, 0.3) is 0 Å². The zero-order valence-electron chi connectivity index (χ0n) is 11.5. The van der Waals surface area contributed by atoms with Crippen LogP contribution in [0.5, 0.6) is 0 Å². The third kappa shape index (κ3) is 5.48. The van der Waals surface area contributed by atoms with Gasteiger partial charge in [0.2, 0.25) is 10.0 Å². The van der Waals surface area contributed by atoms with Crippen molar-refractivity contribution in [3.8, 4) is 0 Å². The standard InChI is InChI=1S/C13H25NO3S/c1-3-6-13(15)9-4-7-12-8-5-10-14(11-12)18(2,16)17/h12H,3-11H2,1-2H3. The van der Waals surface area contributed by atoms with Gasteiger partial charge in [-0.1, -0.05) is 6.92 Å². The molecule has 0 bridgehead atoms. The summed E-state index contributed by atoms with van der Waals surface area (Å²) in [5.41, 5.74) is 0. The third-order valence-corrected chi connectivity index (χ3v) is 4.82. The highest BCUT2D eigenvalue weighted by Crippen LogP contribution is 2.23. The van der Waals surface area contributed by atoms with Gasteiger partial charge in [0.05, 0.1) is 6.26 Å². The van der Waals surface area contributed by atoms with E-state index < -0.39 is 10.0 Å². The van der Waals surface area contributed by atoms with E-state index >= 15 is 0 Å². The molecule has 106 valence electrons. The highest BCUT2D eigenvalue weighted by molar-refractivity contribution is 7.88. The van der Waals surface area contributed by atoms with Crippen LogP contribution < -0.4 is 0 Å². The predicted octanol–water partition coefficient (Wildman–Crippen LogP) is 2.20. The summed E-state index contributed by atoms with van der Waals surface area (Å²) in [6.07, 6.45) is 7.45. The van der Waals surface area contributed by atoms with Crippen molar-refractivity contribution in [3.05, 3.63) is 0 Å². The maximum absolute atomic E-state index is 11.5. The lowest BCUT2D eigenvalue weighted by Crippen LogP contribution is -2.39. The molecule has 0 N–H and O–H groups in total. The highest BCUT2D eigenvalue weighted by Gasteiger charge is 2.25. The minimum atomic E-state index is -3.04. The van der Waals surface area contributed by atoms with Crippen molar-refractivity contribution in [2.24, 2.45) is 5.92 Å². The summed E-state index contributed by atoms with van der Waals surface area (Å²) in [4.78, 5) is 11.4. The summed E-state index contributed by atoms with van der Waals surface area (Å²) in [5.74, 6) is 0.774. The number of sulfonamides is 1. The minimum Gasteiger partial charge on any atom is -0.300 e. The van der Waals surface area contributed by atoms with Gasteiger partial charge in [-0.25, -0.2) is 12.7 Å². The normalized spacial score (nSPS) is 22.0. The highest BCUT2D eigenvalue weighted by atomic mass is 32.2. The number of hydrogen-bond acceptors (Lipinski definition) is 3. The molecular weight excluding hydrogens is 250 g/mol. The first-order valence-corrected chi connectivity index (χ1v) is 8.75. The Bertz CT molecular complexity index is 364. The van der Waals surface area contributed by atoms with Gasteiger partial charge < -0.3 is 0 Å². The molecule has 1 unspecified atom stereocenters. The Morgan fingerprint density at radius 2 is 2.06 bits per heavy atom. The quantitative estimate of drug-likeness (QED) is 0.715. The van der Waals surface area contributed by atoms with Crippen molar-refractivity contribution in [2.75, 3.05) is 19.3 Å². The number of piperidine rings is 1. The fourth-order valence-electron chi connectivity index (χ4n) is 2.56. The molecule has 0 aromatic carbocycles. The van der Waals surface area contributed by atoms with Crippen LogP contribution >= 0.6 is 0 Å². The molecule has 1 heterocycles. The van der Waals surface area contributed by atoms with Crippen molar-refractivity contribution in [2.45, 2.75) is 51.9 Å². The molecule has 0 aromatic rings. The van der Waals surface area contributed by atoms with E-state index in [9.17, 15) is 13.2 Å². The fourth-order valence-corrected chi connectivity index (χ4v) is 3.50. The molecule has 5 heteroatoms. The van der Waals surface area contributed by atoms with E-state index in [1.807, 2.05) is 6.92 Å². The van der Waals surface area contributed by atoms with Crippen molar-refractivity contribution >= 4 is 15.8 Å². The van der Waals surface area contributed by atoms with Crippen LogP contribution in [0.3, 0.4) is 0 Å². The number of carbonyl (C=O) groups excluding carboxylic acids is 1. The van der Waals surface area contributed by atoms with Crippen LogP contribution in [0.4, 0.5) is 0 Å². The Hall–Kier alpha value is -0.420. The van der Waals surface area contributed by atoms with E-state index in [0.717, 1.165) is 32.1 Å². The van der Waals surface area contributed by atoms with E-state index in [1.165, 1.54) is 6.26 Å². The van der Waals surface area contributed by atoms with Crippen LogP contribution in [0.15, 0.2) is 0 Å². The molecule has 0 saturated carbocycles. The number of hydrogen-bond donors (Lipinski definition) is 0. The van der Waals surface area contributed by atoms with Gasteiger partial charge in [-0.15, -0.1) is 0 Å². The SMILES string of the molecule is CCCC(=O)CCCC1CCCN(S(C)(=O)=O)C1. The molecule has 1 saturated heterocycles. The monoisotopic (exact) mass is 275 g/mol. The first kappa shape index (κ1) is 15.6. The summed E-state index contributed by atoms with van der Waals surface area (Å²) in [6.45, 7) is 3.31. The molecule has 1 aliphatic rings. The number of ketones is 1. The summed E-state index contributed by atoms with van der Waals surface area (Å²) < 4.78 is 24.5. The number of nitrogens with zero attached hydrogens (tertiary/aromatic N) is 1. The molecule has 1 fully saturated rings. The lowest BCUT2D eigenvalue weighted by Gasteiger charge is -2.30. The molecule has 0 radical (unpaired) electrons. The van der Waals surface area contributed by atoms with E-state index in [4.69, 9.17) is 0 Å². The maximum Gasteiger partial charge on any atom is 0.211 e. The summed E-state index contributed by atoms with van der Waals surface area (Å²) in [5, 5.41) is 0. The Morgan fingerprint density at radius 3 is 2.67 bits per heavy atom. The Kier molecular flexibility index (Phi) is 6.29. The lowest BCUT2D eigenvalue weighted by molar-refractivity contribution is -0.119. The maximum atomic E-state index is 11.5. The van der Waals surface area contributed by atoms with Crippen molar-refractivity contribution in [1.82, 2.24) is 4.31 Å². The first-order valence-electron chi connectivity index (χ1n) is 6.90. The molecule has 0 aliphatic carbocycles. The number of rotatable bonds is 7. The average molecular weight is 275 g/mol. The zero-order chi connectivity index (χ0) is 13.6. The summed E-state index contributed by atoms with van der Waals surface area (Å²) >= 11 is 0. The van der Waals surface area contributed by atoms with Crippen molar-refractivity contribution in [3.63, 3.8) is 0 Å². The van der Waals surface area contributed by atoms with Crippen LogP contribution in [0.2, 0.25) is 0 Å². The van der Waals surface area contributed by atoms with Crippen LogP contribution in [-0.2, 0) is 14.8 Å². The summed E-state index contributed by atoms with van der Waals surface area (Å²) in [7, 11) is -3.04. The molecular formula is C13H25NO3S. The van der Waals surface area contributed by atoms with E-state index in [1.54, 1.807) is 4.31 Å². The van der Waals surface area contributed by atoms with Crippen LogP contribution in [0, 0.1) is 5.92 Å². The molecule has 0 spiro atoms. The molecule has 0 aromatic heterocycles. The van der Waals surface area contributed by atoms with E-state index in [0.29, 0.717) is 37.6 Å². The fraction of sp³-hybridized carbons (Fsp3) is 0.923. The lowest BCUT2D eigenvalue weighted by atomic mass is 9.93. The second-order valence-corrected chi connectivity index (χ2v) is 7.29. The smallest absolute Gasteiger partial charge is 0.211 e. The topological polar surface area (TPSA) is 54.5 Å². The van der Waals surface area contributed by atoms with Gasteiger partial charge in [0.25, 0.3) is 0 Å².